The SMILES string of the molecule is Cc1ccc(C(=O)C(C)N(C)C(=O)/C=C/c2ccc([N+](=O)[O-])cc2)cc1C. The Balaban J connectivity index is 2.07. The smallest absolute Gasteiger partial charge is 0.269 e. The van der Waals surface area contributed by atoms with Gasteiger partial charge in [0.25, 0.3) is 5.69 Å². The summed E-state index contributed by atoms with van der Waals surface area (Å²) in [6.07, 6.45) is 2.92. The summed E-state index contributed by atoms with van der Waals surface area (Å²) in [6, 6.07) is 10.8. The molecule has 140 valence electrons. The van der Waals surface area contributed by atoms with E-state index in [9.17, 15) is 19.7 Å². The van der Waals surface area contributed by atoms with Gasteiger partial charge in [-0.3, -0.25) is 19.7 Å². The molecule has 0 aliphatic rings. The minimum absolute atomic E-state index is 0.0109. The van der Waals surface area contributed by atoms with Gasteiger partial charge in [0.2, 0.25) is 5.91 Å². The number of hydrogen-bond acceptors (Lipinski definition) is 4. The summed E-state index contributed by atoms with van der Waals surface area (Å²) in [5.74, 6) is -0.448. The van der Waals surface area contributed by atoms with E-state index in [2.05, 4.69) is 0 Å². The predicted octanol–water partition coefficient (Wildman–Crippen LogP) is 3.95. The number of rotatable bonds is 6. The first-order valence-electron chi connectivity index (χ1n) is 8.51. The van der Waals surface area contributed by atoms with Gasteiger partial charge in [-0.05, 0) is 61.7 Å². The molecule has 1 unspecified atom stereocenters. The fraction of sp³-hybridized carbons (Fsp3) is 0.238. The zero-order valence-electron chi connectivity index (χ0n) is 15.8. The van der Waals surface area contributed by atoms with Crippen molar-refractivity contribution in [2.45, 2.75) is 26.8 Å². The van der Waals surface area contributed by atoms with E-state index in [0.29, 0.717) is 11.1 Å². The highest BCUT2D eigenvalue weighted by atomic mass is 16.6. The summed E-state index contributed by atoms with van der Waals surface area (Å²) in [6.45, 7) is 5.61. The number of carbonyl (C=O) groups is 2. The third kappa shape index (κ3) is 4.88. The first-order valence-corrected chi connectivity index (χ1v) is 8.51. The largest absolute Gasteiger partial charge is 0.332 e. The lowest BCUT2D eigenvalue weighted by Gasteiger charge is -2.23. The molecule has 1 atom stereocenters. The molecule has 6 heteroatoms. The molecule has 0 bridgehead atoms. The van der Waals surface area contributed by atoms with E-state index >= 15 is 0 Å². The quantitative estimate of drug-likeness (QED) is 0.335. The minimum Gasteiger partial charge on any atom is -0.332 e. The number of likely N-dealkylation sites (N-methyl/N-ethyl adjacent to an activating group) is 1. The first-order chi connectivity index (χ1) is 12.7. The van der Waals surface area contributed by atoms with Crippen LogP contribution in [-0.2, 0) is 4.79 Å². The molecule has 0 aromatic heterocycles. The Morgan fingerprint density at radius 1 is 1.07 bits per heavy atom. The fourth-order valence-electron chi connectivity index (χ4n) is 2.49. The van der Waals surface area contributed by atoms with Crippen molar-refractivity contribution in [2.24, 2.45) is 0 Å². The van der Waals surface area contributed by atoms with Gasteiger partial charge in [-0.2, -0.15) is 0 Å². The standard InChI is InChI=1S/C21H22N2O4/c1-14-5-9-18(13-15(14)2)21(25)16(3)22(4)20(24)12-8-17-6-10-19(11-7-17)23(26)27/h5-13,16H,1-4H3/b12-8+. The molecular formula is C21H22N2O4. The van der Waals surface area contributed by atoms with Crippen LogP contribution in [0.25, 0.3) is 6.08 Å². The Kier molecular flexibility index (Phi) is 6.23. The van der Waals surface area contributed by atoms with Gasteiger partial charge in [0.05, 0.1) is 11.0 Å². The van der Waals surface area contributed by atoms with Crippen molar-refractivity contribution in [3.05, 3.63) is 80.9 Å². The molecule has 1 amide bonds. The van der Waals surface area contributed by atoms with E-state index in [1.807, 2.05) is 26.0 Å². The summed E-state index contributed by atoms with van der Waals surface area (Å²) in [7, 11) is 1.58. The maximum Gasteiger partial charge on any atom is 0.269 e. The Bertz CT molecular complexity index is 901. The summed E-state index contributed by atoms with van der Waals surface area (Å²) in [5.41, 5.74) is 3.36. The van der Waals surface area contributed by atoms with Gasteiger partial charge in [-0.1, -0.05) is 12.1 Å². The van der Waals surface area contributed by atoms with Crippen molar-refractivity contribution in [3.8, 4) is 0 Å². The molecule has 0 heterocycles. The van der Waals surface area contributed by atoms with Crippen LogP contribution in [0.2, 0.25) is 0 Å². The van der Waals surface area contributed by atoms with Crippen LogP contribution in [0.5, 0.6) is 0 Å². The van der Waals surface area contributed by atoms with Crippen LogP contribution < -0.4 is 0 Å². The normalized spacial score (nSPS) is 12.0. The molecule has 0 fully saturated rings. The van der Waals surface area contributed by atoms with E-state index < -0.39 is 11.0 Å². The van der Waals surface area contributed by atoms with Crippen LogP contribution in [-0.4, -0.2) is 34.6 Å². The fourth-order valence-corrected chi connectivity index (χ4v) is 2.49. The first kappa shape index (κ1) is 20.0. The van der Waals surface area contributed by atoms with Crippen LogP contribution in [0.1, 0.15) is 34.0 Å². The number of ketones is 1. The summed E-state index contributed by atoms with van der Waals surface area (Å²) < 4.78 is 0. The summed E-state index contributed by atoms with van der Waals surface area (Å²) >= 11 is 0. The molecule has 2 aromatic rings. The lowest BCUT2D eigenvalue weighted by Crippen LogP contribution is -2.39. The number of aryl methyl sites for hydroxylation is 2. The number of nitro benzene ring substituents is 1. The number of benzene rings is 2. The molecule has 0 aliphatic heterocycles. The van der Waals surface area contributed by atoms with Crippen molar-refractivity contribution in [3.63, 3.8) is 0 Å². The van der Waals surface area contributed by atoms with E-state index in [-0.39, 0.29) is 17.4 Å². The van der Waals surface area contributed by atoms with Crippen molar-refractivity contribution in [1.82, 2.24) is 4.90 Å². The van der Waals surface area contributed by atoms with Gasteiger partial charge in [0.1, 0.15) is 0 Å². The number of hydrogen-bond donors (Lipinski definition) is 0. The van der Waals surface area contributed by atoms with E-state index in [1.54, 1.807) is 38.2 Å². The number of carbonyl (C=O) groups excluding carboxylic acids is 2. The van der Waals surface area contributed by atoms with Crippen molar-refractivity contribution in [2.75, 3.05) is 7.05 Å². The van der Waals surface area contributed by atoms with Gasteiger partial charge in [0.15, 0.2) is 5.78 Å². The Hall–Kier alpha value is -3.28. The van der Waals surface area contributed by atoms with E-state index in [1.165, 1.54) is 23.1 Å². The highest BCUT2D eigenvalue weighted by Gasteiger charge is 2.22. The Labute approximate surface area is 158 Å². The summed E-state index contributed by atoms with van der Waals surface area (Å²) in [5, 5.41) is 10.7. The lowest BCUT2D eigenvalue weighted by atomic mass is 10.00. The maximum atomic E-state index is 12.6. The second kappa shape index (κ2) is 8.40. The maximum absolute atomic E-state index is 12.6. The average molecular weight is 366 g/mol. The molecule has 27 heavy (non-hydrogen) atoms. The van der Waals surface area contributed by atoms with Crippen molar-refractivity contribution in [1.29, 1.82) is 0 Å². The van der Waals surface area contributed by atoms with Gasteiger partial charge in [-0.25, -0.2) is 0 Å². The van der Waals surface area contributed by atoms with Gasteiger partial charge >= 0.3 is 0 Å². The Morgan fingerprint density at radius 3 is 2.26 bits per heavy atom. The number of nitro groups is 1. The number of Topliss-reactive ketones (excluding diaryl/α,β-unsaturated/α-hetero) is 1. The molecule has 0 aliphatic carbocycles. The number of amides is 1. The van der Waals surface area contributed by atoms with Crippen LogP contribution in [0.15, 0.2) is 48.5 Å². The topological polar surface area (TPSA) is 80.5 Å². The molecule has 0 saturated carbocycles. The Morgan fingerprint density at radius 2 is 1.70 bits per heavy atom. The highest BCUT2D eigenvalue weighted by molar-refractivity contribution is 6.03. The van der Waals surface area contributed by atoms with Crippen molar-refractivity contribution < 1.29 is 14.5 Å². The highest BCUT2D eigenvalue weighted by Crippen LogP contribution is 2.15. The number of non-ortho nitro benzene ring substituents is 1. The van der Waals surface area contributed by atoms with Gasteiger partial charge in [-0.15, -0.1) is 0 Å². The van der Waals surface area contributed by atoms with Crippen LogP contribution in [0, 0.1) is 24.0 Å². The predicted molar refractivity (Wildman–Crippen MR) is 105 cm³/mol. The third-order valence-corrected chi connectivity index (χ3v) is 4.62. The van der Waals surface area contributed by atoms with Crippen LogP contribution in [0.3, 0.4) is 0 Å². The van der Waals surface area contributed by atoms with Gasteiger partial charge in [0, 0.05) is 30.8 Å². The van der Waals surface area contributed by atoms with Crippen LogP contribution in [0.4, 0.5) is 5.69 Å². The molecule has 6 nitrogen and oxygen atoms in total. The van der Waals surface area contributed by atoms with E-state index in [0.717, 1.165) is 11.1 Å². The summed E-state index contributed by atoms with van der Waals surface area (Å²) in [4.78, 5) is 36.6. The molecule has 0 spiro atoms. The second-order valence-electron chi connectivity index (χ2n) is 6.47. The molecular weight excluding hydrogens is 344 g/mol. The molecule has 2 aromatic carbocycles. The molecule has 0 saturated heterocycles. The van der Waals surface area contributed by atoms with Crippen molar-refractivity contribution >= 4 is 23.5 Å². The minimum atomic E-state index is -0.610. The number of nitrogens with zero attached hydrogens (tertiary/aromatic N) is 2. The molecule has 0 radical (unpaired) electrons. The zero-order chi connectivity index (χ0) is 20.1. The lowest BCUT2D eigenvalue weighted by molar-refractivity contribution is -0.384. The third-order valence-electron chi connectivity index (χ3n) is 4.62. The average Bonchev–Trinajstić information content (AvgIpc) is 2.66. The zero-order valence-corrected chi connectivity index (χ0v) is 15.8. The van der Waals surface area contributed by atoms with E-state index in [4.69, 9.17) is 0 Å². The second-order valence-corrected chi connectivity index (χ2v) is 6.47. The van der Waals surface area contributed by atoms with Gasteiger partial charge < -0.3 is 4.90 Å². The molecule has 2 rings (SSSR count). The monoisotopic (exact) mass is 366 g/mol. The molecule has 0 N–H and O–H groups in total. The van der Waals surface area contributed by atoms with Crippen LogP contribution >= 0.6 is 0 Å².